The van der Waals surface area contributed by atoms with Gasteiger partial charge in [0.25, 0.3) is 0 Å². The molecule has 0 unspecified atom stereocenters. The normalized spacial score (nSPS) is 13.0. The average molecular weight is 327 g/mol. The highest BCUT2D eigenvalue weighted by molar-refractivity contribution is 5.86. The minimum atomic E-state index is -0.552. The van der Waals surface area contributed by atoms with Gasteiger partial charge in [0.2, 0.25) is 17.7 Å². The zero-order valence-corrected chi connectivity index (χ0v) is 15.0. The van der Waals surface area contributed by atoms with E-state index < -0.39 is 6.04 Å². The number of ketones is 1. The van der Waals surface area contributed by atoms with Gasteiger partial charge < -0.3 is 15.1 Å². The van der Waals surface area contributed by atoms with Gasteiger partial charge in [-0.3, -0.25) is 19.2 Å². The highest BCUT2D eigenvalue weighted by Gasteiger charge is 2.21. The summed E-state index contributed by atoms with van der Waals surface area (Å²) >= 11 is 0. The highest BCUT2D eigenvalue weighted by atomic mass is 16.2. The second-order valence-corrected chi connectivity index (χ2v) is 6.02. The number of hydrogen-bond acceptors (Lipinski definition) is 4. The average Bonchev–Trinajstić information content (AvgIpc) is 2.48. The zero-order valence-electron chi connectivity index (χ0n) is 15.0. The molecule has 7 nitrogen and oxygen atoms in total. The third-order valence-corrected chi connectivity index (χ3v) is 3.86. The lowest BCUT2D eigenvalue weighted by Crippen LogP contribution is -2.47. The van der Waals surface area contributed by atoms with Crippen molar-refractivity contribution in [1.29, 1.82) is 0 Å². The van der Waals surface area contributed by atoms with E-state index in [-0.39, 0.29) is 29.5 Å². The number of likely N-dealkylation sites (N-methyl/N-ethyl adjacent to an activating group) is 1. The van der Waals surface area contributed by atoms with Gasteiger partial charge >= 0.3 is 0 Å². The van der Waals surface area contributed by atoms with Crippen LogP contribution in [0.15, 0.2) is 0 Å². The summed E-state index contributed by atoms with van der Waals surface area (Å²) in [7, 11) is 3.24. The third-order valence-electron chi connectivity index (χ3n) is 3.86. The smallest absolute Gasteiger partial charge is 0.242 e. The van der Waals surface area contributed by atoms with Crippen molar-refractivity contribution in [3.63, 3.8) is 0 Å². The predicted molar refractivity (Wildman–Crippen MR) is 87.7 cm³/mol. The molecule has 0 aromatic heterocycles. The Labute approximate surface area is 138 Å². The second kappa shape index (κ2) is 9.97. The number of amides is 3. The molecule has 0 saturated carbocycles. The minimum Gasteiger partial charge on any atom is -0.352 e. The Morgan fingerprint density at radius 3 is 2.04 bits per heavy atom. The lowest BCUT2D eigenvalue weighted by Gasteiger charge is -2.25. The molecule has 1 N–H and O–H groups in total. The molecule has 0 saturated heterocycles. The van der Waals surface area contributed by atoms with E-state index >= 15 is 0 Å². The van der Waals surface area contributed by atoms with E-state index in [2.05, 4.69) is 5.32 Å². The number of hydrogen-bond donors (Lipinski definition) is 1. The fraction of sp³-hybridized carbons (Fsp3) is 0.750. The molecule has 0 fully saturated rings. The first-order chi connectivity index (χ1) is 10.6. The van der Waals surface area contributed by atoms with Gasteiger partial charge in [-0.2, -0.15) is 0 Å². The van der Waals surface area contributed by atoms with Crippen LogP contribution in [0, 0.1) is 0 Å². The first-order valence-corrected chi connectivity index (χ1v) is 7.83. The number of Topliss-reactive ketones (excluding diaryl/α,β-unsaturated/α-hetero) is 1. The van der Waals surface area contributed by atoms with Gasteiger partial charge in [-0.1, -0.05) is 0 Å². The molecule has 0 rings (SSSR count). The fourth-order valence-electron chi connectivity index (χ4n) is 1.86. The molecule has 0 heterocycles. The van der Waals surface area contributed by atoms with Gasteiger partial charge in [-0.25, -0.2) is 0 Å². The predicted octanol–water partition coefficient (Wildman–Crippen LogP) is 0.576. The molecular weight excluding hydrogens is 298 g/mol. The molecule has 0 spiro atoms. The third kappa shape index (κ3) is 8.32. The largest absolute Gasteiger partial charge is 0.352 e. The van der Waals surface area contributed by atoms with Gasteiger partial charge in [0, 0.05) is 46.4 Å². The van der Waals surface area contributed by atoms with Crippen molar-refractivity contribution in [2.75, 3.05) is 20.6 Å². The van der Waals surface area contributed by atoms with Gasteiger partial charge in [-0.15, -0.1) is 0 Å². The molecule has 0 aliphatic rings. The van der Waals surface area contributed by atoms with Crippen LogP contribution in [0.4, 0.5) is 0 Å². The first kappa shape index (κ1) is 21.1. The fourth-order valence-corrected chi connectivity index (χ4v) is 1.86. The SMILES string of the molecule is CC(=O)CCN(C)C(=O)CC[C@H](C)NC(=O)[C@H](C)N(C)C(C)=O. The van der Waals surface area contributed by atoms with Crippen molar-refractivity contribution >= 4 is 23.5 Å². The summed E-state index contributed by atoms with van der Waals surface area (Å²) in [5.41, 5.74) is 0. The number of carbonyl (C=O) groups is 4. The summed E-state index contributed by atoms with van der Waals surface area (Å²) in [5.74, 6) is -0.426. The summed E-state index contributed by atoms with van der Waals surface area (Å²) in [6.07, 6.45) is 1.15. The second-order valence-electron chi connectivity index (χ2n) is 6.02. The molecule has 0 aliphatic carbocycles. The maximum absolute atomic E-state index is 12.0. The summed E-state index contributed by atoms with van der Waals surface area (Å²) in [5, 5.41) is 2.80. The lowest BCUT2D eigenvalue weighted by atomic mass is 10.1. The van der Waals surface area contributed by atoms with Crippen LogP contribution in [-0.4, -0.2) is 66.0 Å². The minimum absolute atomic E-state index is 0.0499. The van der Waals surface area contributed by atoms with Gasteiger partial charge in [0.1, 0.15) is 11.8 Å². The van der Waals surface area contributed by atoms with Crippen molar-refractivity contribution in [3.05, 3.63) is 0 Å². The quantitative estimate of drug-likeness (QED) is 0.671. The lowest BCUT2D eigenvalue weighted by molar-refractivity contribution is -0.137. The van der Waals surface area contributed by atoms with Crippen LogP contribution < -0.4 is 5.32 Å². The molecule has 0 radical (unpaired) electrons. The van der Waals surface area contributed by atoms with Gasteiger partial charge in [0.05, 0.1) is 0 Å². The maximum Gasteiger partial charge on any atom is 0.242 e. The summed E-state index contributed by atoms with van der Waals surface area (Å²) in [4.78, 5) is 49.0. The monoisotopic (exact) mass is 327 g/mol. The van der Waals surface area contributed by atoms with Crippen LogP contribution in [0.3, 0.4) is 0 Å². The maximum atomic E-state index is 12.0. The molecule has 132 valence electrons. The zero-order chi connectivity index (χ0) is 18.2. The van der Waals surface area contributed by atoms with E-state index in [1.165, 1.54) is 23.6 Å². The Hall–Kier alpha value is -1.92. The standard InChI is InChI=1S/C16H29N3O4/c1-11(17-16(23)13(3)19(6)14(4)21)7-8-15(22)18(5)10-9-12(2)20/h11,13H,7-10H2,1-6H3,(H,17,23)/t11-,13-/m0/s1. The van der Waals surface area contributed by atoms with Crippen LogP contribution in [0.25, 0.3) is 0 Å². The Morgan fingerprint density at radius 2 is 1.57 bits per heavy atom. The molecule has 0 aliphatic heterocycles. The molecule has 0 aromatic carbocycles. The summed E-state index contributed by atoms with van der Waals surface area (Å²) in [6.45, 7) is 6.79. The van der Waals surface area contributed by atoms with Crippen molar-refractivity contribution in [3.8, 4) is 0 Å². The highest BCUT2D eigenvalue weighted by Crippen LogP contribution is 2.03. The number of nitrogens with one attached hydrogen (secondary N) is 1. The molecule has 7 heteroatoms. The van der Waals surface area contributed by atoms with E-state index in [1.807, 2.05) is 6.92 Å². The first-order valence-electron chi connectivity index (χ1n) is 7.83. The Balaban J connectivity index is 4.22. The topological polar surface area (TPSA) is 86.8 Å². The molecule has 0 aromatic rings. The summed E-state index contributed by atoms with van der Waals surface area (Å²) in [6, 6.07) is -0.723. The van der Waals surface area contributed by atoms with Crippen molar-refractivity contribution < 1.29 is 19.2 Å². The van der Waals surface area contributed by atoms with Crippen LogP contribution >= 0.6 is 0 Å². The van der Waals surface area contributed by atoms with E-state index in [1.54, 1.807) is 21.0 Å². The van der Waals surface area contributed by atoms with Crippen LogP contribution in [-0.2, 0) is 19.2 Å². The molecule has 23 heavy (non-hydrogen) atoms. The van der Waals surface area contributed by atoms with Gasteiger partial charge in [0.15, 0.2) is 0 Å². The van der Waals surface area contributed by atoms with Crippen molar-refractivity contribution in [1.82, 2.24) is 15.1 Å². The van der Waals surface area contributed by atoms with E-state index in [9.17, 15) is 19.2 Å². The molecule has 0 bridgehead atoms. The Morgan fingerprint density at radius 1 is 1.00 bits per heavy atom. The van der Waals surface area contributed by atoms with Crippen molar-refractivity contribution in [2.45, 2.75) is 59.0 Å². The van der Waals surface area contributed by atoms with E-state index in [0.717, 1.165) is 0 Å². The van der Waals surface area contributed by atoms with Crippen LogP contribution in [0.1, 0.15) is 47.0 Å². The number of nitrogens with zero attached hydrogens (tertiary/aromatic N) is 2. The molecular formula is C16H29N3O4. The number of carbonyl (C=O) groups excluding carboxylic acids is 4. The Kier molecular flexibility index (Phi) is 9.14. The Bertz CT molecular complexity index is 451. The molecule has 3 amide bonds. The summed E-state index contributed by atoms with van der Waals surface area (Å²) < 4.78 is 0. The van der Waals surface area contributed by atoms with Crippen molar-refractivity contribution in [2.24, 2.45) is 0 Å². The van der Waals surface area contributed by atoms with Crippen LogP contribution in [0.5, 0.6) is 0 Å². The van der Waals surface area contributed by atoms with E-state index in [0.29, 0.717) is 25.8 Å². The van der Waals surface area contributed by atoms with Gasteiger partial charge in [-0.05, 0) is 27.2 Å². The number of rotatable bonds is 9. The van der Waals surface area contributed by atoms with E-state index in [4.69, 9.17) is 0 Å². The molecule has 2 atom stereocenters. The van der Waals surface area contributed by atoms with Crippen LogP contribution in [0.2, 0.25) is 0 Å².